The van der Waals surface area contributed by atoms with Gasteiger partial charge in [-0.25, -0.2) is 0 Å². The number of ether oxygens (including phenoxy) is 1. The first-order valence-electron chi connectivity index (χ1n) is 10.0. The molecule has 2 aromatic carbocycles. The summed E-state index contributed by atoms with van der Waals surface area (Å²) in [6, 6.07) is 14.1. The fourth-order valence-electron chi connectivity index (χ4n) is 3.23. The molecule has 0 saturated heterocycles. The molecule has 3 heteroatoms. The lowest BCUT2D eigenvalue weighted by Crippen LogP contribution is -2.18. The van der Waals surface area contributed by atoms with Crippen LogP contribution in [0, 0.1) is 0 Å². The van der Waals surface area contributed by atoms with E-state index in [-0.39, 0.29) is 16.8 Å². The van der Waals surface area contributed by atoms with Crippen LogP contribution >= 0.6 is 0 Å². The van der Waals surface area contributed by atoms with Crippen molar-refractivity contribution in [3.05, 3.63) is 64.7 Å². The second-order valence-electron chi connectivity index (χ2n) is 9.50. The molecule has 2 aromatic rings. The number of phenols is 1. The van der Waals surface area contributed by atoms with Gasteiger partial charge >= 0.3 is 5.97 Å². The molecular weight excluding hydrogens is 348 g/mol. The van der Waals surface area contributed by atoms with Crippen LogP contribution in [-0.4, -0.2) is 17.7 Å². The van der Waals surface area contributed by atoms with Crippen LogP contribution in [0.25, 0.3) is 0 Å². The van der Waals surface area contributed by atoms with Gasteiger partial charge in [0.25, 0.3) is 0 Å². The Morgan fingerprint density at radius 1 is 0.857 bits per heavy atom. The molecule has 28 heavy (non-hydrogen) atoms. The van der Waals surface area contributed by atoms with Gasteiger partial charge in [-0.05, 0) is 39.5 Å². The summed E-state index contributed by atoms with van der Waals surface area (Å²) in [4.78, 5) is 12.2. The summed E-state index contributed by atoms with van der Waals surface area (Å²) in [7, 11) is 0. The topological polar surface area (TPSA) is 46.5 Å². The van der Waals surface area contributed by atoms with Crippen molar-refractivity contribution in [3.8, 4) is 5.75 Å². The molecule has 0 fully saturated rings. The average Bonchev–Trinajstić information content (AvgIpc) is 2.59. The minimum atomic E-state index is -0.182. The minimum Gasteiger partial charge on any atom is -0.507 e. The van der Waals surface area contributed by atoms with Gasteiger partial charge in [0.15, 0.2) is 0 Å². The van der Waals surface area contributed by atoms with Gasteiger partial charge in [-0.15, -0.1) is 0 Å². The number of carbonyl (C=O) groups excluding carboxylic acids is 1. The van der Waals surface area contributed by atoms with Crippen LogP contribution in [0.2, 0.25) is 0 Å². The SMILES string of the molecule is CC(C)(C)c1cc(CCC(=O)OCCc2ccccc2)cc(C(C)(C)C)c1O. The normalized spacial score (nSPS) is 12.1. The molecule has 0 bridgehead atoms. The maximum atomic E-state index is 12.2. The number of aryl methyl sites for hydroxylation is 1. The first-order valence-corrected chi connectivity index (χ1v) is 10.0. The van der Waals surface area contributed by atoms with Crippen molar-refractivity contribution in [1.82, 2.24) is 0 Å². The molecule has 0 radical (unpaired) electrons. The lowest BCUT2D eigenvalue weighted by Gasteiger charge is -2.28. The Hall–Kier alpha value is -2.29. The van der Waals surface area contributed by atoms with Gasteiger partial charge in [0.2, 0.25) is 0 Å². The summed E-state index contributed by atoms with van der Waals surface area (Å²) in [5.41, 5.74) is 3.73. The molecule has 1 N–H and O–H groups in total. The highest BCUT2D eigenvalue weighted by Gasteiger charge is 2.26. The van der Waals surface area contributed by atoms with E-state index in [1.54, 1.807) is 0 Å². The molecule has 0 aliphatic carbocycles. The molecule has 3 nitrogen and oxygen atoms in total. The van der Waals surface area contributed by atoms with Crippen molar-refractivity contribution in [3.63, 3.8) is 0 Å². The Bertz CT molecular complexity index is 758. The molecule has 0 spiro atoms. The molecule has 0 aliphatic heterocycles. The van der Waals surface area contributed by atoms with E-state index in [1.165, 1.54) is 5.56 Å². The Kier molecular flexibility index (Phi) is 6.92. The van der Waals surface area contributed by atoms with Crippen LogP contribution in [0.3, 0.4) is 0 Å². The van der Waals surface area contributed by atoms with Crippen LogP contribution in [0.1, 0.15) is 70.2 Å². The van der Waals surface area contributed by atoms with Crippen molar-refractivity contribution < 1.29 is 14.6 Å². The number of aromatic hydroxyl groups is 1. The molecule has 0 aliphatic rings. The first kappa shape index (κ1) is 22.0. The number of phenolic OH excluding ortho intramolecular Hbond substituents is 1. The maximum Gasteiger partial charge on any atom is 0.306 e. The Morgan fingerprint density at radius 2 is 1.39 bits per heavy atom. The number of rotatable bonds is 6. The second kappa shape index (κ2) is 8.81. The summed E-state index contributed by atoms with van der Waals surface area (Å²) in [6.07, 6.45) is 1.68. The van der Waals surface area contributed by atoms with Gasteiger partial charge in [0, 0.05) is 12.8 Å². The molecule has 0 atom stereocenters. The molecule has 152 valence electrons. The van der Waals surface area contributed by atoms with Crippen molar-refractivity contribution >= 4 is 5.97 Å². The van der Waals surface area contributed by atoms with Crippen molar-refractivity contribution in [2.45, 2.75) is 71.6 Å². The fourth-order valence-corrected chi connectivity index (χ4v) is 3.23. The number of carbonyl (C=O) groups is 1. The number of benzene rings is 2. The van der Waals surface area contributed by atoms with Crippen LogP contribution in [-0.2, 0) is 33.2 Å². The monoisotopic (exact) mass is 382 g/mol. The number of hydrogen-bond acceptors (Lipinski definition) is 3. The average molecular weight is 383 g/mol. The van der Waals surface area contributed by atoms with E-state index in [4.69, 9.17) is 4.74 Å². The second-order valence-corrected chi connectivity index (χ2v) is 9.50. The van der Waals surface area contributed by atoms with Gasteiger partial charge in [0.05, 0.1) is 6.61 Å². The molecule has 0 amide bonds. The van der Waals surface area contributed by atoms with Crippen molar-refractivity contribution in [2.24, 2.45) is 0 Å². The Morgan fingerprint density at radius 3 is 1.89 bits per heavy atom. The summed E-state index contributed by atoms with van der Waals surface area (Å²) in [6.45, 7) is 13.0. The van der Waals surface area contributed by atoms with Crippen LogP contribution < -0.4 is 0 Å². The summed E-state index contributed by atoms with van der Waals surface area (Å²) in [5.74, 6) is 0.188. The highest BCUT2D eigenvalue weighted by molar-refractivity contribution is 5.69. The largest absolute Gasteiger partial charge is 0.507 e. The quantitative estimate of drug-likeness (QED) is 0.651. The molecule has 0 aromatic heterocycles. The van der Waals surface area contributed by atoms with Crippen molar-refractivity contribution in [1.29, 1.82) is 0 Å². The predicted octanol–water partition coefficient (Wildman–Crippen LogP) is 5.71. The lowest BCUT2D eigenvalue weighted by atomic mass is 9.78. The molecular formula is C25H34O3. The van der Waals surface area contributed by atoms with Crippen LogP contribution in [0.4, 0.5) is 0 Å². The van der Waals surface area contributed by atoms with Gasteiger partial charge in [-0.3, -0.25) is 4.79 Å². The highest BCUT2D eigenvalue weighted by Crippen LogP contribution is 2.39. The molecule has 2 rings (SSSR count). The van der Waals surface area contributed by atoms with Gasteiger partial charge < -0.3 is 9.84 Å². The van der Waals surface area contributed by atoms with Gasteiger partial charge in [-0.2, -0.15) is 0 Å². The third-order valence-corrected chi connectivity index (χ3v) is 4.90. The molecule has 0 unspecified atom stereocenters. The van der Waals surface area contributed by atoms with E-state index < -0.39 is 0 Å². The van der Waals surface area contributed by atoms with Crippen molar-refractivity contribution in [2.75, 3.05) is 6.61 Å². The van der Waals surface area contributed by atoms with E-state index in [9.17, 15) is 9.90 Å². The molecule has 0 saturated carbocycles. The van der Waals surface area contributed by atoms with Crippen LogP contribution in [0.15, 0.2) is 42.5 Å². The third kappa shape index (κ3) is 6.12. The zero-order valence-corrected chi connectivity index (χ0v) is 18.1. The van der Waals surface area contributed by atoms with Gasteiger partial charge in [-0.1, -0.05) is 84.0 Å². The van der Waals surface area contributed by atoms with E-state index in [0.29, 0.717) is 25.2 Å². The van der Waals surface area contributed by atoms with E-state index in [0.717, 1.165) is 23.1 Å². The summed E-state index contributed by atoms with van der Waals surface area (Å²) < 4.78 is 5.40. The smallest absolute Gasteiger partial charge is 0.306 e. The van der Waals surface area contributed by atoms with Gasteiger partial charge in [0.1, 0.15) is 5.75 Å². The zero-order valence-electron chi connectivity index (χ0n) is 18.1. The maximum absolute atomic E-state index is 12.2. The van der Waals surface area contributed by atoms with E-state index >= 15 is 0 Å². The zero-order chi connectivity index (χ0) is 20.9. The number of hydrogen-bond donors (Lipinski definition) is 1. The van der Waals surface area contributed by atoms with E-state index in [1.807, 2.05) is 42.5 Å². The third-order valence-electron chi connectivity index (χ3n) is 4.90. The summed E-state index contributed by atoms with van der Waals surface area (Å²) in [5, 5.41) is 10.8. The number of esters is 1. The lowest BCUT2D eigenvalue weighted by molar-refractivity contribution is -0.143. The van der Waals surface area contributed by atoms with E-state index in [2.05, 4.69) is 41.5 Å². The first-order chi connectivity index (χ1) is 13.0. The highest BCUT2D eigenvalue weighted by atomic mass is 16.5. The minimum absolute atomic E-state index is 0.170. The Balaban J connectivity index is 2.03. The fraction of sp³-hybridized carbons (Fsp3) is 0.480. The standard InChI is InChI=1S/C25H34O3/c1-24(2,3)20-16-19(17-21(23(20)27)25(4,5)6)12-13-22(26)28-15-14-18-10-8-7-9-11-18/h7-11,16-17,27H,12-15H2,1-6H3. The summed E-state index contributed by atoms with van der Waals surface area (Å²) >= 11 is 0. The molecule has 0 heterocycles. The Labute approximate surface area is 169 Å². The predicted molar refractivity (Wildman–Crippen MR) is 115 cm³/mol. The van der Waals surface area contributed by atoms with Crippen LogP contribution in [0.5, 0.6) is 5.75 Å².